The molecule has 7 heteroatoms. The SMILES string of the molecule is CCNS(=O)(=O)N[C@H](C)c1ccc(-n2nc(C)cc2C)cc1. The first-order chi connectivity index (χ1) is 10.3. The number of hydrogen-bond acceptors (Lipinski definition) is 3. The molecule has 0 amide bonds. The van der Waals surface area contributed by atoms with Gasteiger partial charge in [-0.3, -0.25) is 0 Å². The van der Waals surface area contributed by atoms with Gasteiger partial charge in [0.05, 0.1) is 11.4 Å². The summed E-state index contributed by atoms with van der Waals surface area (Å²) in [7, 11) is -3.46. The molecule has 0 aliphatic heterocycles. The van der Waals surface area contributed by atoms with E-state index in [0.717, 1.165) is 22.6 Å². The highest BCUT2D eigenvalue weighted by Gasteiger charge is 2.14. The lowest BCUT2D eigenvalue weighted by Gasteiger charge is -2.15. The number of hydrogen-bond donors (Lipinski definition) is 2. The molecule has 2 N–H and O–H groups in total. The molecule has 1 heterocycles. The van der Waals surface area contributed by atoms with Gasteiger partial charge in [0, 0.05) is 18.3 Å². The van der Waals surface area contributed by atoms with Crippen LogP contribution in [-0.2, 0) is 10.2 Å². The van der Waals surface area contributed by atoms with Crippen molar-refractivity contribution < 1.29 is 8.42 Å². The van der Waals surface area contributed by atoms with E-state index in [1.165, 1.54) is 0 Å². The van der Waals surface area contributed by atoms with Gasteiger partial charge >= 0.3 is 0 Å². The molecule has 0 saturated carbocycles. The summed E-state index contributed by atoms with van der Waals surface area (Å²) < 4.78 is 30.3. The molecule has 22 heavy (non-hydrogen) atoms. The minimum atomic E-state index is -3.46. The highest BCUT2D eigenvalue weighted by Crippen LogP contribution is 2.17. The summed E-state index contributed by atoms with van der Waals surface area (Å²) in [5.41, 5.74) is 3.88. The zero-order valence-corrected chi connectivity index (χ0v) is 14.1. The van der Waals surface area contributed by atoms with Crippen molar-refractivity contribution in [1.29, 1.82) is 0 Å². The maximum Gasteiger partial charge on any atom is 0.277 e. The molecular formula is C15H22N4O2S. The third-order valence-electron chi connectivity index (χ3n) is 3.31. The van der Waals surface area contributed by atoms with E-state index in [1.54, 1.807) is 6.92 Å². The Morgan fingerprint density at radius 2 is 1.86 bits per heavy atom. The quantitative estimate of drug-likeness (QED) is 0.854. The second kappa shape index (κ2) is 6.60. The number of nitrogens with one attached hydrogen (secondary N) is 2. The normalized spacial score (nSPS) is 13.3. The summed E-state index contributed by atoms with van der Waals surface area (Å²) in [5, 5.41) is 4.43. The zero-order chi connectivity index (χ0) is 16.3. The Morgan fingerprint density at radius 1 is 1.23 bits per heavy atom. The molecule has 0 fully saturated rings. The first-order valence-electron chi connectivity index (χ1n) is 7.23. The van der Waals surface area contributed by atoms with Crippen molar-refractivity contribution in [3.05, 3.63) is 47.3 Å². The lowest BCUT2D eigenvalue weighted by Crippen LogP contribution is -2.37. The number of benzene rings is 1. The van der Waals surface area contributed by atoms with Gasteiger partial charge in [0.15, 0.2) is 0 Å². The molecule has 1 atom stereocenters. The van der Waals surface area contributed by atoms with Crippen molar-refractivity contribution in [3.63, 3.8) is 0 Å². The average Bonchev–Trinajstić information content (AvgIpc) is 2.77. The van der Waals surface area contributed by atoms with Crippen LogP contribution in [0.15, 0.2) is 30.3 Å². The molecule has 0 unspecified atom stereocenters. The smallest absolute Gasteiger partial charge is 0.238 e. The van der Waals surface area contributed by atoms with Crippen molar-refractivity contribution in [2.24, 2.45) is 0 Å². The Balaban J connectivity index is 2.17. The molecular weight excluding hydrogens is 300 g/mol. The minimum absolute atomic E-state index is 0.307. The summed E-state index contributed by atoms with van der Waals surface area (Å²) in [6.07, 6.45) is 0. The van der Waals surface area contributed by atoms with Gasteiger partial charge in [0.2, 0.25) is 0 Å². The topological polar surface area (TPSA) is 76.0 Å². The number of rotatable bonds is 6. The van der Waals surface area contributed by atoms with E-state index < -0.39 is 10.2 Å². The van der Waals surface area contributed by atoms with Crippen molar-refractivity contribution >= 4 is 10.2 Å². The van der Waals surface area contributed by atoms with E-state index in [4.69, 9.17) is 0 Å². The van der Waals surface area contributed by atoms with Gasteiger partial charge in [-0.15, -0.1) is 0 Å². The molecule has 120 valence electrons. The van der Waals surface area contributed by atoms with Gasteiger partial charge < -0.3 is 0 Å². The van der Waals surface area contributed by atoms with Gasteiger partial charge in [-0.05, 0) is 44.5 Å². The predicted molar refractivity (Wildman–Crippen MR) is 87.2 cm³/mol. The van der Waals surface area contributed by atoms with E-state index in [-0.39, 0.29) is 6.04 Å². The predicted octanol–water partition coefficient (Wildman–Crippen LogP) is 1.99. The molecule has 1 aromatic carbocycles. The average molecular weight is 322 g/mol. The molecule has 0 aliphatic rings. The van der Waals surface area contributed by atoms with Crippen LogP contribution < -0.4 is 9.44 Å². The summed E-state index contributed by atoms with van der Waals surface area (Å²) in [4.78, 5) is 0. The van der Waals surface area contributed by atoms with Gasteiger partial charge in [-0.1, -0.05) is 19.1 Å². The Labute approximate surface area is 131 Å². The van der Waals surface area contributed by atoms with Crippen molar-refractivity contribution in [1.82, 2.24) is 19.2 Å². The molecule has 2 rings (SSSR count). The van der Waals surface area contributed by atoms with Gasteiger partial charge in [0.1, 0.15) is 0 Å². The zero-order valence-electron chi connectivity index (χ0n) is 13.3. The van der Waals surface area contributed by atoms with Gasteiger partial charge in [-0.25, -0.2) is 9.40 Å². The fourth-order valence-electron chi connectivity index (χ4n) is 2.33. The minimum Gasteiger partial charge on any atom is -0.238 e. The highest BCUT2D eigenvalue weighted by atomic mass is 32.2. The van der Waals surface area contributed by atoms with Crippen LogP contribution in [0.5, 0.6) is 0 Å². The number of aryl methyl sites for hydroxylation is 2. The number of aromatic nitrogens is 2. The fraction of sp³-hybridized carbons (Fsp3) is 0.400. The monoisotopic (exact) mass is 322 g/mol. The Hall–Kier alpha value is -1.70. The largest absolute Gasteiger partial charge is 0.277 e. The van der Waals surface area contributed by atoms with E-state index in [0.29, 0.717) is 6.54 Å². The van der Waals surface area contributed by atoms with E-state index in [1.807, 2.05) is 55.8 Å². The molecule has 0 aliphatic carbocycles. The van der Waals surface area contributed by atoms with Crippen LogP contribution in [0, 0.1) is 13.8 Å². The van der Waals surface area contributed by atoms with Crippen LogP contribution in [-0.4, -0.2) is 24.7 Å². The number of nitrogens with zero attached hydrogens (tertiary/aromatic N) is 2. The third kappa shape index (κ3) is 3.94. The van der Waals surface area contributed by atoms with Gasteiger partial charge in [-0.2, -0.15) is 18.2 Å². The Bertz CT molecular complexity index is 735. The van der Waals surface area contributed by atoms with Crippen molar-refractivity contribution in [3.8, 4) is 5.69 Å². The van der Waals surface area contributed by atoms with Crippen molar-refractivity contribution in [2.45, 2.75) is 33.7 Å². The first kappa shape index (κ1) is 16.7. The van der Waals surface area contributed by atoms with E-state index >= 15 is 0 Å². The second-order valence-corrected chi connectivity index (χ2v) is 6.80. The lowest BCUT2D eigenvalue weighted by atomic mass is 10.1. The van der Waals surface area contributed by atoms with Crippen LogP contribution in [0.2, 0.25) is 0 Å². The fourth-order valence-corrected chi connectivity index (χ4v) is 3.39. The molecule has 6 nitrogen and oxygen atoms in total. The van der Waals surface area contributed by atoms with Crippen LogP contribution in [0.1, 0.15) is 36.8 Å². The molecule has 0 spiro atoms. The second-order valence-electron chi connectivity index (χ2n) is 5.27. The van der Waals surface area contributed by atoms with E-state index in [9.17, 15) is 8.42 Å². The summed E-state index contributed by atoms with van der Waals surface area (Å²) in [5.74, 6) is 0. The van der Waals surface area contributed by atoms with Crippen LogP contribution in [0.3, 0.4) is 0 Å². The maximum absolute atomic E-state index is 11.7. The molecule has 2 aromatic rings. The highest BCUT2D eigenvalue weighted by molar-refractivity contribution is 7.87. The first-order valence-corrected chi connectivity index (χ1v) is 8.71. The Morgan fingerprint density at radius 3 is 2.36 bits per heavy atom. The lowest BCUT2D eigenvalue weighted by molar-refractivity contribution is 0.554. The van der Waals surface area contributed by atoms with Crippen LogP contribution >= 0.6 is 0 Å². The molecule has 0 radical (unpaired) electrons. The van der Waals surface area contributed by atoms with Gasteiger partial charge in [0.25, 0.3) is 10.2 Å². The maximum atomic E-state index is 11.7. The third-order valence-corrected chi connectivity index (χ3v) is 4.65. The summed E-state index contributed by atoms with van der Waals surface area (Å²) in [6, 6.07) is 9.40. The molecule has 1 aromatic heterocycles. The Kier molecular flexibility index (Phi) is 5.00. The van der Waals surface area contributed by atoms with Crippen LogP contribution in [0.25, 0.3) is 5.69 Å². The van der Waals surface area contributed by atoms with E-state index in [2.05, 4.69) is 14.5 Å². The van der Waals surface area contributed by atoms with Crippen LogP contribution in [0.4, 0.5) is 0 Å². The summed E-state index contributed by atoms with van der Waals surface area (Å²) >= 11 is 0. The molecule has 0 bridgehead atoms. The standard InChI is InChI=1S/C15H22N4O2S/c1-5-16-22(20,21)18-13(4)14-6-8-15(9-7-14)19-12(3)10-11(2)17-19/h6-10,13,16,18H,5H2,1-4H3/t13-/m1/s1. The summed E-state index contributed by atoms with van der Waals surface area (Å²) in [6.45, 7) is 7.87. The van der Waals surface area contributed by atoms with Crippen molar-refractivity contribution in [2.75, 3.05) is 6.54 Å². The molecule has 0 saturated heterocycles.